The molecule has 0 unspecified atom stereocenters. The van der Waals surface area contributed by atoms with Gasteiger partial charge in [-0.1, -0.05) is 6.92 Å². The van der Waals surface area contributed by atoms with Crippen molar-refractivity contribution < 1.29 is 13.9 Å². The lowest BCUT2D eigenvalue weighted by Crippen LogP contribution is -2.36. The van der Waals surface area contributed by atoms with Crippen LogP contribution in [-0.4, -0.2) is 45.8 Å². The molecule has 0 aromatic carbocycles. The highest BCUT2D eigenvalue weighted by atomic mass is 16.5. The van der Waals surface area contributed by atoms with Gasteiger partial charge in [-0.05, 0) is 0 Å². The summed E-state index contributed by atoms with van der Waals surface area (Å²) in [6.45, 7) is 4.49. The molecule has 0 saturated carbocycles. The monoisotopic (exact) mass is 304 g/mol. The van der Waals surface area contributed by atoms with Gasteiger partial charge in [0.1, 0.15) is 17.7 Å². The topological polar surface area (TPSA) is 73.4 Å². The van der Waals surface area contributed by atoms with E-state index < -0.39 is 0 Å². The van der Waals surface area contributed by atoms with Crippen LogP contribution in [0.3, 0.4) is 0 Å². The van der Waals surface area contributed by atoms with Crippen LogP contribution in [-0.2, 0) is 29.0 Å². The fraction of sp³-hybridized carbons (Fsp3) is 0.533. The lowest BCUT2D eigenvalue weighted by molar-refractivity contribution is -0.131. The molecule has 7 heteroatoms. The third-order valence-electron chi connectivity index (χ3n) is 3.97. The van der Waals surface area contributed by atoms with Gasteiger partial charge in [-0.25, -0.2) is 4.98 Å². The number of fused-ring (bicyclic) bond motifs is 1. The van der Waals surface area contributed by atoms with Crippen molar-refractivity contribution in [3.8, 4) is 11.4 Å². The standard InChI is InChI=1S/C15H20N4O3/c1-3-14(20)18-5-4-13-11(8-18)15(12-9-22-10-16-12)17-19(13)6-7-21-2/h9-10H,3-8H2,1-2H3. The largest absolute Gasteiger partial charge is 0.451 e. The van der Waals surface area contributed by atoms with E-state index in [1.165, 1.54) is 6.39 Å². The van der Waals surface area contributed by atoms with Crippen LogP contribution in [0.2, 0.25) is 0 Å². The lowest BCUT2D eigenvalue weighted by Gasteiger charge is -2.27. The first-order valence-corrected chi connectivity index (χ1v) is 7.48. The number of carbonyl (C=O) groups excluding carboxylic acids is 1. The SMILES string of the molecule is CCC(=O)N1CCc2c(c(-c3cocn3)nn2CCOC)C1. The second-order valence-corrected chi connectivity index (χ2v) is 5.28. The summed E-state index contributed by atoms with van der Waals surface area (Å²) in [6, 6.07) is 0. The number of amides is 1. The zero-order valence-electron chi connectivity index (χ0n) is 12.9. The Balaban J connectivity index is 1.97. The highest BCUT2D eigenvalue weighted by Gasteiger charge is 2.28. The third kappa shape index (κ3) is 2.64. The highest BCUT2D eigenvalue weighted by Crippen LogP contribution is 2.29. The molecule has 0 saturated heterocycles. The zero-order valence-corrected chi connectivity index (χ0v) is 12.9. The molecule has 0 N–H and O–H groups in total. The Morgan fingerprint density at radius 3 is 3.05 bits per heavy atom. The van der Waals surface area contributed by atoms with Crippen molar-refractivity contribution in [2.45, 2.75) is 32.9 Å². The Morgan fingerprint density at radius 1 is 1.50 bits per heavy atom. The molecule has 0 aliphatic carbocycles. The van der Waals surface area contributed by atoms with E-state index in [1.807, 2.05) is 16.5 Å². The van der Waals surface area contributed by atoms with Crippen molar-refractivity contribution in [2.75, 3.05) is 20.3 Å². The van der Waals surface area contributed by atoms with Crippen molar-refractivity contribution in [2.24, 2.45) is 0 Å². The summed E-state index contributed by atoms with van der Waals surface area (Å²) in [5, 5.41) is 4.67. The molecule has 2 aromatic heterocycles. The minimum absolute atomic E-state index is 0.168. The van der Waals surface area contributed by atoms with Crippen LogP contribution in [0.1, 0.15) is 24.6 Å². The Labute approximate surface area is 128 Å². The van der Waals surface area contributed by atoms with Gasteiger partial charge in [0.05, 0.1) is 13.2 Å². The molecule has 1 aliphatic rings. The molecule has 3 heterocycles. The number of rotatable bonds is 5. The number of oxazole rings is 1. The van der Waals surface area contributed by atoms with Gasteiger partial charge >= 0.3 is 0 Å². The van der Waals surface area contributed by atoms with E-state index >= 15 is 0 Å². The summed E-state index contributed by atoms with van der Waals surface area (Å²) in [6.07, 6.45) is 4.31. The maximum atomic E-state index is 12.0. The Morgan fingerprint density at radius 2 is 2.36 bits per heavy atom. The first kappa shape index (κ1) is 14.8. The number of ether oxygens (including phenoxy) is 1. The summed E-state index contributed by atoms with van der Waals surface area (Å²) < 4.78 is 12.2. The Kier molecular flexibility index (Phi) is 4.24. The molecule has 0 fully saturated rings. The van der Waals surface area contributed by atoms with Crippen molar-refractivity contribution in [3.05, 3.63) is 23.9 Å². The maximum absolute atomic E-state index is 12.0. The maximum Gasteiger partial charge on any atom is 0.222 e. The number of aromatic nitrogens is 3. The van der Waals surface area contributed by atoms with Gasteiger partial charge < -0.3 is 14.1 Å². The number of carbonyl (C=O) groups is 1. The van der Waals surface area contributed by atoms with E-state index in [9.17, 15) is 4.79 Å². The van der Waals surface area contributed by atoms with Crippen LogP contribution in [0.25, 0.3) is 11.4 Å². The minimum Gasteiger partial charge on any atom is -0.451 e. The number of hydrogen-bond donors (Lipinski definition) is 0. The molecular weight excluding hydrogens is 284 g/mol. The summed E-state index contributed by atoms with van der Waals surface area (Å²) in [4.78, 5) is 18.1. The fourth-order valence-corrected chi connectivity index (χ4v) is 2.83. The van der Waals surface area contributed by atoms with Gasteiger partial charge in [0.25, 0.3) is 0 Å². The zero-order chi connectivity index (χ0) is 15.5. The molecule has 1 aliphatic heterocycles. The molecule has 22 heavy (non-hydrogen) atoms. The summed E-state index contributed by atoms with van der Waals surface area (Å²) in [7, 11) is 1.68. The third-order valence-corrected chi connectivity index (χ3v) is 3.97. The van der Waals surface area contributed by atoms with Gasteiger partial charge in [0.15, 0.2) is 6.39 Å². The Hall–Kier alpha value is -2.15. The van der Waals surface area contributed by atoms with Crippen molar-refractivity contribution in [3.63, 3.8) is 0 Å². The minimum atomic E-state index is 0.168. The molecular formula is C15H20N4O3. The lowest BCUT2D eigenvalue weighted by atomic mass is 10.0. The fourth-order valence-electron chi connectivity index (χ4n) is 2.83. The van der Waals surface area contributed by atoms with Crippen molar-refractivity contribution in [1.82, 2.24) is 19.7 Å². The summed E-state index contributed by atoms with van der Waals surface area (Å²) in [5.41, 5.74) is 3.74. The number of nitrogens with zero attached hydrogens (tertiary/aromatic N) is 4. The van der Waals surface area contributed by atoms with Gasteiger partial charge in [-0.3, -0.25) is 9.48 Å². The first-order valence-electron chi connectivity index (χ1n) is 7.48. The second kappa shape index (κ2) is 6.31. The molecule has 0 bridgehead atoms. The molecule has 1 amide bonds. The summed E-state index contributed by atoms with van der Waals surface area (Å²) >= 11 is 0. The molecule has 7 nitrogen and oxygen atoms in total. The molecule has 0 radical (unpaired) electrons. The van der Waals surface area contributed by atoms with Crippen LogP contribution in [0, 0.1) is 0 Å². The molecule has 3 rings (SSSR count). The van der Waals surface area contributed by atoms with Gasteiger partial charge in [0.2, 0.25) is 5.91 Å². The summed E-state index contributed by atoms with van der Waals surface area (Å²) in [5.74, 6) is 0.168. The van der Waals surface area contributed by atoms with E-state index in [1.54, 1.807) is 13.4 Å². The van der Waals surface area contributed by atoms with Crippen LogP contribution in [0.4, 0.5) is 0 Å². The quantitative estimate of drug-likeness (QED) is 0.836. The van der Waals surface area contributed by atoms with Crippen LogP contribution in [0.15, 0.2) is 17.1 Å². The first-order chi connectivity index (χ1) is 10.7. The van der Waals surface area contributed by atoms with Gasteiger partial charge in [0, 0.05) is 44.3 Å². The average molecular weight is 304 g/mol. The van der Waals surface area contributed by atoms with E-state index in [0.29, 0.717) is 31.8 Å². The van der Waals surface area contributed by atoms with E-state index in [4.69, 9.17) is 9.15 Å². The van der Waals surface area contributed by atoms with Crippen LogP contribution in [0.5, 0.6) is 0 Å². The molecule has 0 spiro atoms. The van der Waals surface area contributed by atoms with Crippen LogP contribution < -0.4 is 0 Å². The molecule has 118 valence electrons. The second-order valence-electron chi connectivity index (χ2n) is 5.28. The average Bonchev–Trinajstić information content (AvgIpc) is 3.19. The number of hydrogen-bond acceptors (Lipinski definition) is 5. The smallest absolute Gasteiger partial charge is 0.222 e. The molecule has 0 atom stereocenters. The van der Waals surface area contributed by atoms with Crippen molar-refractivity contribution >= 4 is 5.91 Å². The molecule has 2 aromatic rings. The normalized spacial score (nSPS) is 14.2. The predicted molar refractivity (Wildman–Crippen MR) is 79.0 cm³/mol. The predicted octanol–water partition coefficient (Wildman–Crippen LogP) is 1.48. The van der Waals surface area contributed by atoms with Gasteiger partial charge in [-0.2, -0.15) is 5.10 Å². The van der Waals surface area contributed by atoms with E-state index in [0.717, 1.165) is 29.9 Å². The van der Waals surface area contributed by atoms with E-state index in [2.05, 4.69) is 10.1 Å². The van der Waals surface area contributed by atoms with Gasteiger partial charge in [-0.15, -0.1) is 0 Å². The van der Waals surface area contributed by atoms with Crippen molar-refractivity contribution in [1.29, 1.82) is 0 Å². The number of methoxy groups -OCH3 is 1. The van der Waals surface area contributed by atoms with Crippen LogP contribution >= 0.6 is 0 Å². The van der Waals surface area contributed by atoms with E-state index in [-0.39, 0.29) is 5.91 Å². The highest BCUT2D eigenvalue weighted by molar-refractivity contribution is 5.76. The Bertz CT molecular complexity index is 648.